The van der Waals surface area contributed by atoms with E-state index in [9.17, 15) is 8.42 Å². The van der Waals surface area contributed by atoms with Gasteiger partial charge < -0.3 is 4.90 Å². The highest BCUT2D eigenvalue weighted by atomic mass is 32.2. The molecule has 0 radical (unpaired) electrons. The molecular formula is C21H29N7O2S. The molecule has 0 spiro atoms. The van der Waals surface area contributed by atoms with Crippen LogP contribution in [0.3, 0.4) is 0 Å². The Bertz CT molecular complexity index is 1240. The lowest BCUT2D eigenvalue weighted by Gasteiger charge is -2.35. The maximum Gasteiger partial charge on any atom is 0.246 e. The summed E-state index contributed by atoms with van der Waals surface area (Å²) in [6.45, 7) is 8.29. The Balaban J connectivity index is 1.41. The minimum Gasteiger partial charge on any atom is -0.352 e. The molecule has 3 aromatic heterocycles. The Morgan fingerprint density at radius 3 is 2.48 bits per heavy atom. The van der Waals surface area contributed by atoms with E-state index in [1.54, 1.807) is 22.1 Å². The molecule has 0 bridgehead atoms. The molecule has 166 valence electrons. The highest BCUT2D eigenvalue weighted by Crippen LogP contribution is 2.31. The summed E-state index contributed by atoms with van der Waals surface area (Å²) in [6, 6.07) is 0. The van der Waals surface area contributed by atoms with Crippen molar-refractivity contribution in [2.45, 2.75) is 57.9 Å². The summed E-state index contributed by atoms with van der Waals surface area (Å²) in [7, 11) is -3.58. The SMILES string of the molecule is CCn1nc(C)c(S(=O)(=O)N2CCN(c3nccn4nc5c(c34)CCCC5)CC2)c1C. The van der Waals surface area contributed by atoms with Crippen LogP contribution in [0.5, 0.6) is 0 Å². The highest BCUT2D eigenvalue weighted by molar-refractivity contribution is 7.89. The summed E-state index contributed by atoms with van der Waals surface area (Å²) in [6.07, 6.45) is 8.12. The fourth-order valence-electron chi connectivity index (χ4n) is 5.01. The lowest BCUT2D eigenvalue weighted by Crippen LogP contribution is -2.49. The number of nitrogens with zero attached hydrogens (tertiary/aromatic N) is 7. The zero-order valence-corrected chi connectivity index (χ0v) is 19.2. The van der Waals surface area contributed by atoms with Gasteiger partial charge in [0.2, 0.25) is 10.0 Å². The normalized spacial score (nSPS) is 18.0. The van der Waals surface area contributed by atoms with Crippen LogP contribution in [0.4, 0.5) is 5.82 Å². The summed E-state index contributed by atoms with van der Waals surface area (Å²) in [5.41, 5.74) is 4.85. The van der Waals surface area contributed by atoms with Gasteiger partial charge in [0.05, 0.1) is 17.1 Å². The van der Waals surface area contributed by atoms with E-state index < -0.39 is 10.0 Å². The fraction of sp³-hybridized carbons (Fsp3) is 0.571. The molecule has 0 atom stereocenters. The molecule has 2 aliphatic rings. The van der Waals surface area contributed by atoms with Crippen molar-refractivity contribution in [1.29, 1.82) is 0 Å². The van der Waals surface area contributed by atoms with Gasteiger partial charge in [-0.1, -0.05) is 0 Å². The van der Waals surface area contributed by atoms with Gasteiger partial charge >= 0.3 is 0 Å². The van der Waals surface area contributed by atoms with Gasteiger partial charge in [-0.05, 0) is 46.5 Å². The summed E-state index contributed by atoms with van der Waals surface area (Å²) in [4.78, 5) is 7.24. The number of piperazine rings is 1. The predicted octanol–water partition coefficient (Wildman–Crippen LogP) is 1.95. The molecule has 9 nitrogen and oxygen atoms in total. The molecule has 0 aromatic carbocycles. The number of anilines is 1. The van der Waals surface area contributed by atoms with Crippen molar-refractivity contribution in [3.8, 4) is 0 Å². The topological polar surface area (TPSA) is 88.6 Å². The number of fused-ring (bicyclic) bond motifs is 3. The van der Waals surface area contributed by atoms with Gasteiger partial charge in [-0.2, -0.15) is 14.5 Å². The van der Waals surface area contributed by atoms with Crippen LogP contribution in [0.25, 0.3) is 5.52 Å². The van der Waals surface area contributed by atoms with Gasteiger partial charge in [0, 0.05) is 50.7 Å². The maximum atomic E-state index is 13.4. The molecule has 1 saturated heterocycles. The van der Waals surface area contributed by atoms with Gasteiger partial charge in [0.1, 0.15) is 10.4 Å². The Hall–Kier alpha value is -2.46. The quantitative estimate of drug-likeness (QED) is 0.612. The Morgan fingerprint density at radius 1 is 1.03 bits per heavy atom. The van der Waals surface area contributed by atoms with Crippen molar-refractivity contribution in [2.24, 2.45) is 0 Å². The third kappa shape index (κ3) is 3.23. The van der Waals surface area contributed by atoms with Crippen molar-refractivity contribution in [1.82, 2.24) is 28.7 Å². The van der Waals surface area contributed by atoms with E-state index >= 15 is 0 Å². The number of rotatable bonds is 4. The van der Waals surface area contributed by atoms with E-state index in [0.717, 1.165) is 24.2 Å². The molecule has 1 aliphatic heterocycles. The number of sulfonamides is 1. The van der Waals surface area contributed by atoms with Crippen LogP contribution in [-0.2, 0) is 29.4 Å². The first kappa shape index (κ1) is 20.4. The maximum absolute atomic E-state index is 13.4. The molecular weight excluding hydrogens is 414 g/mol. The van der Waals surface area contributed by atoms with Crippen LogP contribution in [0, 0.1) is 13.8 Å². The zero-order chi connectivity index (χ0) is 21.8. The molecule has 4 heterocycles. The number of aromatic nitrogens is 5. The molecule has 1 fully saturated rings. The molecule has 3 aromatic rings. The number of hydrogen-bond acceptors (Lipinski definition) is 6. The lowest BCUT2D eigenvalue weighted by molar-refractivity contribution is 0.383. The smallest absolute Gasteiger partial charge is 0.246 e. The molecule has 0 N–H and O–H groups in total. The average molecular weight is 444 g/mol. The number of aryl methyl sites for hydroxylation is 4. The van der Waals surface area contributed by atoms with E-state index in [1.165, 1.54) is 24.1 Å². The van der Waals surface area contributed by atoms with Crippen LogP contribution in [0.2, 0.25) is 0 Å². The second-order valence-corrected chi connectivity index (χ2v) is 10.3. The second-order valence-electron chi connectivity index (χ2n) is 8.38. The first-order valence-electron chi connectivity index (χ1n) is 11.1. The number of hydrogen-bond donors (Lipinski definition) is 0. The fourth-order valence-corrected chi connectivity index (χ4v) is 6.80. The van der Waals surface area contributed by atoms with E-state index in [0.29, 0.717) is 49.0 Å². The average Bonchev–Trinajstić information content (AvgIpc) is 3.30. The molecule has 0 saturated carbocycles. The first-order chi connectivity index (χ1) is 14.9. The minimum absolute atomic E-state index is 0.355. The Labute approximate surface area is 182 Å². The summed E-state index contributed by atoms with van der Waals surface area (Å²) in [5.74, 6) is 0.918. The van der Waals surface area contributed by atoms with Crippen molar-refractivity contribution in [3.05, 3.63) is 35.0 Å². The van der Waals surface area contributed by atoms with Gasteiger partial charge in [0.15, 0.2) is 5.82 Å². The molecule has 1 aliphatic carbocycles. The van der Waals surface area contributed by atoms with Crippen molar-refractivity contribution in [3.63, 3.8) is 0 Å². The largest absolute Gasteiger partial charge is 0.352 e. The van der Waals surface area contributed by atoms with Crippen molar-refractivity contribution < 1.29 is 8.42 Å². The van der Waals surface area contributed by atoms with E-state index in [-0.39, 0.29) is 0 Å². The third-order valence-electron chi connectivity index (χ3n) is 6.55. The van der Waals surface area contributed by atoms with E-state index in [2.05, 4.69) is 15.0 Å². The van der Waals surface area contributed by atoms with Crippen LogP contribution in [0.15, 0.2) is 17.3 Å². The second kappa shape index (κ2) is 7.59. The van der Waals surface area contributed by atoms with Crippen molar-refractivity contribution in [2.75, 3.05) is 31.1 Å². The monoisotopic (exact) mass is 443 g/mol. The van der Waals surface area contributed by atoms with Crippen LogP contribution in [-0.4, -0.2) is 63.3 Å². The predicted molar refractivity (Wildman–Crippen MR) is 118 cm³/mol. The van der Waals surface area contributed by atoms with Crippen LogP contribution >= 0.6 is 0 Å². The van der Waals surface area contributed by atoms with Gasteiger partial charge in [0.25, 0.3) is 0 Å². The van der Waals surface area contributed by atoms with Crippen LogP contribution < -0.4 is 4.90 Å². The highest BCUT2D eigenvalue weighted by Gasteiger charge is 2.34. The minimum atomic E-state index is -3.58. The van der Waals surface area contributed by atoms with Crippen LogP contribution in [0.1, 0.15) is 42.4 Å². The lowest BCUT2D eigenvalue weighted by atomic mass is 9.97. The van der Waals surface area contributed by atoms with E-state index in [1.807, 2.05) is 24.6 Å². The Morgan fingerprint density at radius 2 is 1.77 bits per heavy atom. The third-order valence-corrected chi connectivity index (χ3v) is 8.70. The summed E-state index contributed by atoms with van der Waals surface area (Å²) >= 11 is 0. The van der Waals surface area contributed by atoms with Gasteiger partial charge in [-0.3, -0.25) is 4.68 Å². The van der Waals surface area contributed by atoms with Gasteiger partial charge in [-0.25, -0.2) is 17.9 Å². The molecule has 0 amide bonds. The molecule has 0 unspecified atom stereocenters. The Kier molecular flexibility index (Phi) is 5.01. The molecule has 5 rings (SSSR count). The molecule has 10 heteroatoms. The van der Waals surface area contributed by atoms with E-state index in [4.69, 9.17) is 5.10 Å². The standard InChI is InChI=1S/C21H29N7O2S/c1-4-27-16(3)20(15(2)23-27)31(29,30)26-13-11-25(12-14-26)21-19-17-7-5-6-8-18(17)24-28(19)10-9-22-21/h9-10H,4-8,11-14H2,1-3H3. The van der Waals surface area contributed by atoms with Gasteiger partial charge in [-0.15, -0.1) is 0 Å². The zero-order valence-electron chi connectivity index (χ0n) is 18.4. The first-order valence-corrected chi connectivity index (χ1v) is 12.5. The molecule has 31 heavy (non-hydrogen) atoms. The van der Waals surface area contributed by atoms with Crippen molar-refractivity contribution >= 4 is 21.4 Å². The summed E-state index contributed by atoms with van der Waals surface area (Å²) < 4.78 is 32.1. The summed E-state index contributed by atoms with van der Waals surface area (Å²) in [5, 5.41) is 9.17.